The molecule has 0 bridgehead atoms. The van der Waals surface area contributed by atoms with Gasteiger partial charge in [0.25, 0.3) is 11.5 Å². The molecule has 2 aromatic rings. The number of aromatic nitrogens is 3. The van der Waals surface area contributed by atoms with Crippen molar-refractivity contribution < 1.29 is 4.79 Å². The van der Waals surface area contributed by atoms with Crippen molar-refractivity contribution in [3.63, 3.8) is 0 Å². The molecule has 1 N–H and O–H groups in total. The van der Waals surface area contributed by atoms with E-state index in [0.717, 1.165) is 28.9 Å². The summed E-state index contributed by atoms with van der Waals surface area (Å²) in [4.78, 5) is 40.8. The van der Waals surface area contributed by atoms with Gasteiger partial charge in [0, 0.05) is 20.1 Å². The molecule has 0 aliphatic rings. The Morgan fingerprint density at radius 2 is 2.10 bits per heavy atom. The summed E-state index contributed by atoms with van der Waals surface area (Å²) in [5, 5.41) is 0. The Morgan fingerprint density at radius 3 is 2.71 bits per heavy atom. The Balaban J connectivity index is 2.50. The van der Waals surface area contributed by atoms with Gasteiger partial charge in [0.1, 0.15) is 4.88 Å². The first-order chi connectivity index (χ1) is 10.0. The summed E-state index contributed by atoms with van der Waals surface area (Å²) in [5.41, 5.74) is -0.579. The van der Waals surface area contributed by atoms with E-state index in [1.54, 1.807) is 18.9 Å². The molecule has 0 saturated carbocycles. The van der Waals surface area contributed by atoms with Gasteiger partial charge in [0.05, 0.1) is 5.52 Å². The van der Waals surface area contributed by atoms with Gasteiger partial charge in [-0.2, -0.15) is 4.37 Å². The molecule has 1 amide bonds. The number of hydrogen-bond donors (Lipinski definition) is 1. The van der Waals surface area contributed by atoms with Crippen molar-refractivity contribution in [1.82, 2.24) is 18.8 Å². The van der Waals surface area contributed by atoms with E-state index in [1.807, 2.05) is 6.92 Å². The van der Waals surface area contributed by atoms with Crippen molar-refractivity contribution >= 4 is 28.5 Å². The van der Waals surface area contributed by atoms with Gasteiger partial charge < -0.3 is 9.88 Å². The number of nitrogens with one attached hydrogen (secondary N) is 1. The second-order valence-corrected chi connectivity index (χ2v) is 5.57. The van der Waals surface area contributed by atoms with Crippen LogP contribution in [0.5, 0.6) is 0 Å². The van der Waals surface area contributed by atoms with E-state index in [1.165, 1.54) is 0 Å². The van der Waals surface area contributed by atoms with Gasteiger partial charge in [0.15, 0.2) is 5.52 Å². The van der Waals surface area contributed by atoms with E-state index < -0.39 is 11.2 Å². The van der Waals surface area contributed by atoms with Crippen LogP contribution in [0.15, 0.2) is 9.59 Å². The molecule has 0 aliphatic heterocycles. The van der Waals surface area contributed by atoms with Crippen LogP contribution in [-0.2, 0) is 6.54 Å². The van der Waals surface area contributed by atoms with Crippen molar-refractivity contribution in [3.05, 3.63) is 25.7 Å². The van der Waals surface area contributed by atoms with E-state index in [4.69, 9.17) is 0 Å². The molecule has 0 saturated heterocycles. The smallest absolute Gasteiger partial charge is 0.328 e. The quantitative estimate of drug-likeness (QED) is 0.893. The Hall–Kier alpha value is -1.96. The molecule has 2 aromatic heterocycles. The maximum Gasteiger partial charge on any atom is 0.328 e. The highest BCUT2D eigenvalue weighted by Gasteiger charge is 2.21. The molecule has 0 unspecified atom stereocenters. The Bertz CT molecular complexity index is 774. The standard InChI is InChI=1S/C13H18N4O3S/c1-4-6-7-16(3)12(19)10-8-9(15-21-10)11(18)17(5-2)13(20)14-8/h4-7H2,1-3H3,(H,14,20). The molecule has 0 spiro atoms. The Kier molecular flexibility index (Phi) is 4.56. The van der Waals surface area contributed by atoms with E-state index in [-0.39, 0.29) is 23.5 Å². The third-order valence-electron chi connectivity index (χ3n) is 3.32. The highest BCUT2D eigenvalue weighted by atomic mass is 32.1. The molecule has 7 nitrogen and oxygen atoms in total. The van der Waals surface area contributed by atoms with Crippen molar-refractivity contribution in [2.75, 3.05) is 13.6 Å². The number of unbranched alkanes of at least 4 members (excludes halogenated alkanes) is 1. The third-order valence-corrected chi connectivity index (χ3v) is 4.16. The molecule has 0 atom stereocenters. The van der Waals surface area contributed by atoms with Gasteiger partial charge in [-0.25, -0.2) is 4.79 Å². The fourth-order valence-electron chi connectivity index (χ4n) is 2.05. The van der Waals surface area contributed by atoms with Gasteiger partial charge in [-0.3, -0.25) is 14.2 Å². The SMILES string of the molecule is CCCCN(C)C(=O)c1snc2c(=O)n(CC)c(=O)[nH]c12. The molecular formula is C13H18N4O3S. The van der Waals surface area contributed by atoms with Crippen LogP contribution in [0, 0.1) is 0 Å². The van der Waals surface area contributed by atoms with Crippen LogP contribution in [0.4, 0.5) is 0 Å². The lowest BCUT2D eigenvalue weighted by atomic mass is 10.3. The van der Waals surface area contributed by atoms with Gasteiger partial charge in [-0.15, -0.1) is 0 Å². The predicted molar refractivity (Wildman–Crippen MR) is 82.0 cm³/mol. The summed E-state index contributed by atoms with van der Waals surface area (Å²) in [6.07, 6.45) is 1.89. The summed E-state index contributed by atoms with van der Waals surface area (Å²) >= 11 is 0.950. The number of H-pyrrole nitrogens is 1. The number of nitrogens with zero attached hydrogens (tertiary/aromatic N) is 3. The molecule has 0 radical (unpaired) electrons. The number of carbonyl (C=O) groups is 1. The number of carbonyl (C=O) groups excluding carboxylic acids is 1. The van der Waals surface area contributed by atoms with E-state index in [0.29, 0.717) is 11.4 Å². The van der Waals surface area contributed by atoms with Crippen LogP contribution in [0.3, 0.4) is 0 Å². The lowest BCUT2D eigenvalue weighted by Gasteiger charge is -2.15. The van der Waals surface area contributed by atoms with Crippen molar-refractivity contribution in [2.24, 2.45) is 0 Å². The number of aromatic amines is 1. The van der Waals surface area contributed by atoms with Gasteiger partial charge >= 0.3 is 5.69 Å². The normalized spacial score (nSPS) is 11.0. The number of fused-ring (bicyclic) bond motifs is 1. The fourth-order valence-corrected chi connectivity index (χ4v) is 2.87. The molecule has 2 heterocycles. The monoisotopic (exact) mass is 310 g/mol. The lowest BCUT2D eigenvalue weighted by molar-refractivity contribution is 0.0799. The second-order valence-electron chi connectivity index (χ2n) is 4.80. The topological polar surface area (TPSA) is 88.1 Å². The summed E-state index contributed by atoms with van der Waals surface area (Å²) in [6.45, 7) is 4.65. The first-order valence-electron chi connectivity index (χ1n) is 6.89. The third kappa shape index (κ3) is 2.76. The predicted octanol–water partition coefficient (Wildman–Crippen LogP) is 1.04. The summed E-state index contributed by atoms with van der Waals surface area (Å²) < 4.78 is 5.11. The van der Waals surface area contributed by atoms with Crippen LogP contribution in [0.1, 0.15) is 36.4 Å². The molecule has 21 heavy (non-hydrogen) atoms. The average Bonchev–Trinajstić information content (AvgIpc) is 2.88. The zero-order valence-corrected chi connectivity index (χ0v) is 13.1. The minimum Gasteiger partial charge on any atom is -0.341 e. The lowest BCUT2D eigenvalue weighted by Crippen LogP contribution is -2.35. The first-order valence-corrected chi connectivity index (χ1v) is 7.66. The number of rotatable bonds is 5. The van der Waals surface area contributed by atoms with Gasteiger partial charge in [0.2, 0.25) is 0 Å². The zero-order chi connectivity index (χ0) is 15.6. The van der Waals surface area contributed by atoms with Crippen LogP contribution in [0.2, 0.25) is 0 Å². The first kappa shape index (κ1) is 15.4. The molecule has 0 aromatic carbocycles. The van der Waals surface area contributed by atoms with Gasteiger partial charge in [-0.05, 0) is 24.9 Å². The number of hydrogen-bond acceptors (Lipinski definition) is 5. The average molecular weight is 310 g/mol. The Morgan fingerprint density at radius 1 is 1.38 bits per heavy atom. The summed E-state index contributed by atoms with van der Waals surface area (Å²) in [6, 6.07) is 0. The summed E-state index contributed by atoms with van der Waals surface area (Å²) in [7, 11) is 1.70. The zero-order valence-electron chi connectivity index (χ0n) is 12.3. The van der Waals surface area contributed by atoms with E-state index in [9.17, 15) is 14.4 Å². The Labute approximate surface area is 125 Å². The summed E-state index contributed by atoms with van der Waals surface area (Å²) in [5.74, 6) is -0.222. The maximum atomic E-state index is 12.4. The number of amides is 1. The molecule has 0 aliphatic carbocycles. The highest BCUT2D eigenvalue weighted by molar-refractivity contribution is 7.09. The van der Waals surface area contributed by atoms with E-state index >= 15 is 0 Å². The van der Waals surface area contributed by atoms with Crippen LogP contribution < -0.4 is 11.2 Å². The molecule has 2 rings (SSSR count). The van der Waals surface area contributed by atoms with Crippen LogP contribution in [-0.4, -0.2) is 38.3 Å². The highest BCUT2D eigenvalue weighted by Crippen LogP contribution is 2.18. The minimum absolute atomic E-state index is 0.147. The molecule has 114 valence electrons. The molecule has 8 heteroatoms. The maximum absolute atomic E-state index is 12.4. The second kappa shape index (κ2) is 6.21. The van der Waals surface area contributed by atoms with E-state index in [2.05, 4.69) is 9.36 Å². The van der Waals surface area contributed by atoms with Crippen molar-refractivity contribution in [2.45, 2.75) is 33.2 Å². The fraction of sp³-hybridized carbons (Fsp3) is 0.538. The van der Waals surface area contributed by atoms with Crippen LogP contribution in [0.25, 0.3) is 11.0 Å². The van der Waals surface area contributed by atoms with Crippen molar-refractivity contribution in [3.8, 4) is 0 Å². The minimum atomic E-state index is -0.513. The largest absolute Gasteiger partial charge is 0.341 e. The van der Waals surface area contributed by atoms with Crippen molar-refractivity contribution in [1.29, 1.82) is 0 Å². The van der Waals surface area contributed by atoms with Crippen LogP contribution >= 0.6 is 11.5 Å². The molecular weight excluding hydrogens is 292 g/mol. The van der Waals surface area contributed by atoms with Gasteiger partial charge in [-0.1, -0.05) is 13.3 Å². The molecule has 0 fully saturated rings.